The van der Waals surface area contributed by atoms with Gasteiger partial charge in [-0.15, -0.1) is 53.6 Å². The number of aryl methyl sites for hydroxylation is 2. The molecule has 263 valence electrons. The quantitative estimate of drug-likeness (QED) is 0.118. The van der Waals surface area contributed by atoms with Crippen LogP contribution in [0.4, 0.5) is 0 Å². The van der Waals surface area contributed by atoms with Crippen LogP contribution in [0, 0.1) is 31.8 Å². The molecule has 4 aromatic carbocycles. The van der Waals surface area contributed by atoms with E-state index in [-0.39, 0.29) is 31.6 Å². The second kappa shape index (κ2) is 16.0. The zero-order chi connectivity index (χ0) is 43.3. The molecule has 0 aliphatic heterocycles. The SMILES string of the molecule is [2H]C([2H])([2H])c1c[c-]c(-c2cc(C([2H])([2H])C(C)C)c([Si](C)(C)C)cn2)cc1.[2H]C([2H])([2H])c1ccc(-c2cccc3c2oc2c(-c4cc(C([2H])(C)C)ccn4)[c-]ccc23)cc1.[Ir]. The molecule has 0 unspecified atom stereocenters. The molecule has 3 aromatic heterocycles. The second-order valence-corrected chi connectivity index (χ2v) is 19.1. The van der Waals surface area contributed by atoms with Gasteiger partial charge in [-0.3, -0.25) is 0 Å². The third kappa shape index (κ3) is 8.67. The van der Waals surface area contributed by atoms with Gasteiger partial charge in [0.2, 0.25) is 0 Å². The van der Waals surface area contributed by atoms with Crippen LogP contribution in [-0.2, 0) is 26.5 Å². The molecule has 0 spiro atoms. The van der Waals surface area contributed by atoms with E-state index in [1.54, 1.807) is 36.7 Å². The van der Waals surface area contributed by atoms with Crippen LogP contribution in [0.25, 0.3) is 55.6 Å². The zero-order valence-electron chi connectivity index (χ0n) is 39.0. The Labute approximate surface area is 331 Å². The van der Waals surface area contributed by atoms with Gasteiger partial charge in [0.05, 0.1) is 13.7 Å². The number of pyridine rings is 2. The van der Waals surface area contributed by atoms with Gasteiger partial charge >= 0.3 is 0 Å². The summed E-state index contributed by atoms with van der Waals surface area (Å²) in [7, 11) is -1.78. The van der Waals surface area contributed by atoms with Crippen molar-refractivity contribution in [2.24, 2.45) is 5.92 Å². The van der Waals surface area contributed by atoms with Crippen molar-refractivity contribution in [1.82, 2.24) is 9.97 Å². The number of hydrogen-bond donors (Lipinski definition) is 0. The Hall–Kier alpha value is -4.15. The summed E-state index contributed by atoms with van der Waals surface area (Å²) >= 11 is 0. The van der Waals surface area contributed by atoms with Gasteiger partial charge in [-0.2, -0.15) is 0 Å². The summed E-state index contributed by atoms with van der Waals surface area (Å²) in [6.45, 7) is 9.70. The fourth-order valence-corrected chi connectivity index (χ4v) is 7.33. The fraction of sp³-hybridized carbons (Fsp3) is 0.261. The van der Waals surface area contributed by atoms with E-state index in [2.05, 4.69) is 41.7 Å². The first kappa shape index (κ1) is 27.5. The van der Waals surface area contributed by atoms with Gasteiger partial charge in [0.1, 0.15) is 5.58 Å². The largest absolute Gasteiger partial charge is 0.500 e. The molecule has 7 rings (SSSR count). The zero-order valence-corrected chi connectivity index (χ0v) is 33.4. The number of rotatable bonds is 7. The van der Waals surface area contributed by atoms with E-state index in [9.17, 15) is 0 Å². The van der Waals surface area contributed by atoms with Gasteiger partial charge in [0.25, 0.3) is 0 Å². The summed E-state index contributed by atoms with van der Waals surface area (Å²) < 4.78 is 77.2. The Morgan fingerprint density at radius 1 is 0.824 bits per heavy atom. The molecule has 0 aliphatic rings. The average Bonchev–Trinajstić information content (AvgIpc) is 3.56. The Balaban J connectivity index is 0.000000231. The maximum atomic E-state index is 8.59. The van der Waals surface area contributed by atoms with Crippen LogP contribution in [0.5, 0.6) is 0 Å². The molecule has 1 radical (unpaired) electrons. The maximum Gasteiger partial charge on any atom is 0.128 e. The Bertz CT molecular complexity index is 2600. The van der Waals surface area contributed by atoms with Crippen LogP contribution in [0.1, 0.15) is 68.2 Å². The number of aromatic nitrogens is 2. The van der Waals surface area contributed by atoms with E-state index in [1.165, 1.54) is 6.07 Å². The minimum atomic E-state index is -2.16. The molecule has 0 N–H and O–H groups in total. The van der Waals surface area contributed by atoms with E-state index in [0.717, 1.165) is 43.8 Å². The first-order chi connectivity index (χ1) is 27.4. The molecule has 0 saturated carbocycles. The Morgan fingerprint density at radius 2 is 1.57 bits per heavy atom. The summed E-state index contributed by atoms with van der Waals surface area (Å²) in [6.07, 6.45) is 2.04. The minimum absolute atomic E-state index is 0. The second-order valence-electron chi connectivity index (χ2n) is 14.0. The number of hydrogen-bond acceptors (Lipinski definition) is 3. The molecular formula is C46H48IrN2OSi-2. The molecule has 0 aliphatic carbocycles. The summed E-state index contributed by atoms with van der Waals surface area (Å²) in [5.41, 5.74) is 8.02. The summed E-state index contributed by atoms with van der Waals surface area (Å²) in [6, 6.07) is 33.3. The molecule has 0 bridgehead atoms. The Kier molecular flexibility index (Phi) is 8.64. The third-order valence-corrected chi connectivity index (χ3v) is 10.5. The first-order valence-electron chi connectivity index (χ1n) is 21.3. The van der Waals surface area contributed by atoms with Gasteiger partial charge in [0.15, 0.2) is 0 Å². The number of fused-ring (bicyclic) bond motifs is 3. The number of benzene rings is 4. The van der Waals surface area contributed by atoms with Crippen LogP contribution in [0.15, 0.2) is 108 Å². The molecule has 51 heavy (non-hydrogen) atoms. The van der Waals surface area contributed by atoms with Crippen LogP contribution in [-0.4, -0.2) is 18.0 Å². The van der Waals surface area contributed by atoms with Crippen LogP contribution < -0.4 is 5.19 Å². The molecule has 7 aromatic rings. The van der Waals surface area contributed by atoms with Crippen LogP contribution in [0.2, 0.25) is 19.6 Å². The predicted molar refractivity (Wildman–Crippen MR) is 215 cm³/mol. The normalized spacial score (nSPS) is 15.1. The molecule has 0 saturated heterocycles. The smallest absolute Gasteiger partial charge is 0.128 e. The average molecular weight is 874 g/mol. The van der Waals surface area contributed by atoms with E-state index >= 15 is 0 Å². The van der Waals surface area contributed by atoms with Crippen molar-refractivity contribution in [3.63, 3.8) is 0 Å². The molecule has 5 heteroatoms. The molecule has 0 fully saturated rings. The Morgan fingerprint density at radius 3 is 2.24 bits per heavy atom. The molecular weight excluding hydrogens is 817 g/mol. The number of para-hydroxylation sites is 1. The fourth-order valence-electron chi connectivity index (χ4n) is 5.92. The molecule has 3 nitrogen and oxygen atoms in total. The third-order valence-electron chi connectivity index (χ3n) is 8.49. The minimum Gasteiger partial charge on any atom is -0.500 e. The topological polar surface area (TPSA) is 38.9 Å². The monoisotopic (exact) mass is 874 g/mol. The standard InChI is InChI=1S/C27H22NO.C19H26NSi.Ir/c1-17(2)20-14-15-28-25(16-20)24-9-5-8-23-22-7-4-6-21(26(22)29-27(23)24)19-12-10-18(3)11-13-19;1-14(2)11-17-12-18(16-9-7-15(3)8-10-16)20-13-19(17)21(4,5)6;/h4-8,10-17H,1-3H3;7-9,12-14H,11H2,1-6H3;/q2*-1;/i3D3,17D;3D3,11D2;. The molecule has 0 atom stereocenters. The maximum absolute atomic E-state index is 8.59. The summed E-state index contributed by atoms with van der Waals surface area (Å²) in [5, 5.41) is 2.94. The van der Waals surface area contributed by atoms with Crippen LogP contribution >= 0.6 is 0 Å². The van der Waals surface area contributed by atoms with E-state index in [4.69, 9.17) is 16.8 Å². The first-order valence-corrected chi connectivity index (χ1v) is 20.3. The van der Waals surface area contributed by atoms with E-state index in [1.807, 2.05) is 88.4 Å². The van der Waals surface area contributed by atoms with Gasteiger partial charge in [-0.1, -0.05) is 136 Å². The molecule has 0 amide bonds. The van der Waals surface area contributed by atoms with Gasteiger partial charge in [0, 0.05) is 55.8 Å². The van der Waals surface area contributed by atoms with Gasteiger partial charge in [-0.25, -0.2) is 0 Å². The van der Waals surface area contributed by atoms with E-state index < -0.39 is 34.0 Å². The van der Waals surface area contributed by atoms with Crippen LogP contribution in [0.3, 0.4) is 0 Å². The van der Waals surface area contributed by atoms with Crippen molar-refractivity contribution in [2.45, 2.75) is 73.3 Å². The van der Waals surface area contributed by atoms with Crippen molar-refractivity contribution >= 4 is 35.2 Å². The van der Waals surface area contributed by atoms with Crippen molar-refractivity contribution in [2.75, 3.05) is 0 Å². The van der Waals surface area contributed by atoms with Gasteiger partial charge < -0.3 is 14.4 Å². The van der Waals surface area contributed by atoms with Gasteiger partial charge in [-0.05, 0) is 53.2 Å². The summed E-state index contributed by atoms with van der Waals surface area (Å²) in [4.78, 5) is 9.07. The van der Waals surface area contributed by atoms with Crippen molar-refractivity contribution in [3.05, 3.63) is 138 Å². The van der Waals surface area contributed by atoms with Crippen molar-refractivity contribution in [1.29, 1.82) is 0 Å². The van der Waals surface area contributed by atoms with E-state index in [0.29, 0.717) is 33.7 Å². The number of furan rings is 1. The summed E-state index contributed by atoms with van der Waals surface area (Å²) in [5.74, 6) is -0.914. The predicted octanol–water partition coefficient (Wildman–Crippen LogP) is 12.1. The van der Waals surface area contributed by atoms with Crippen molar-refractivity contribution in [3.8, 4) is 33.6 Å². The molecule has 3 heterocycles. The van der Waals surface area contributed by atoms with Crippen molar-refractivity contribution < 1.29 is 36.9 Å². The number of nitrogens with zero attached hydrogens (tertiary/aromatic N) is 2.